The van der Waals surface area contributed by atoms with E-state index in [4.69, 9.17) is 0 Å². The summed E-state index contributed by atoms with van der Waals surface area (Å²) < 4.78 is 41.8. The van der Waals surface area contributed by atoms with E-state index >= 15 is 0 Å². The van der Waals surface area contributed by atoms with Crippen LogP contribution < -0.4 is 26.6 Å². The van der Waals surface area contributed by atoms with Crippen LogP contribution in [0.5, 0.6) is 0 Å². The monoisotopic (exact) mass is 841 g/mol. The number of hydrogen-bond acceptors (Lipinski definition) is 7. The van der Waals surface area contributed by atoms with Crippen LogP contribution in [-0.2, 0) is 54.2 Å². The zero-order valence-corrected chi connectivity index (χ0v) is 33.0. The van der Waals surface area contributed by atoms with Crippen molar-refractivity contribution in [3.63, 3.8) is 0 Å². The molecular weight excluding hydrogens is 800 g/mol. The van der Waals surface area contributed by atoms with E-state index < -0.39 is 59.6 Å². The third-order valence-corrected chi connectivity index (χ3v) is 10.3. The Hall–Kier alpha value is -6.81. The van der Waals surface area contributed by atoms with Gasteiger partial charge in [-0.3, -0.25) is 24.0 Å². The summed E-state index contributed by atoms with van der Waals surface area (Å²) in [6.45, 7) is 1.68. The third kappa shape index (κ3) is 12.6. The molecule has 0 saturated carbocycles. The van der Waals surface area contributed by atoms with Gasteiger partial charge in [0.1, 0.15) is 24.2 Å². The van der Waals surface area contributed by atoms with Gasteiger partial charge in [0.2, 0.25) is 30.0 Å². The molecule has 5 aromatic rings. The van der Waals surface area contributed by atoms with Gasteiger partial charge < -0.3 is 31.7 Å². The summed E-state index contributed by atoms with van der Waals surface area (Å²) in [5, 5.41) is 24.5. The second-order valence-electron chi connectivity index (χ2n) is 13.7. The highest BCUT2D eigenvalue weighted by Crippen LogP contribution is 2.31. The Bertz CT molecular complexity index is 2250. The molecule has 0 spiro atoms. The number of hydrogen-bond donors (Lipinski definition) is 6. The number of aliphatic carboxylic acids is 1. The number of nitrogens with one attached hydrogen (secondary N) is 5. The summed E-state index contributed by atoms with van der Waals surface area (Å²) in [5.74, 6) is -4.57. The van der Waals surface area contributed by atoms with Crippen molar-refractivity contribution in [2.24, 2.45) is 0 Å². The molecule has 5 rings (SSSR count). The summed E-state index contributed by atoms with van der Waals surface area (Å²) in [7, 11) is 0. The number of anilines is 1. The minimum absolute atomic E-state index is 0.0876. The van der Waals surface area contributed by atoms with E-state index in [0.29, 0.717) is 29.3 Å². The number of carbonyl (C=O) groups excluding carboxylic acids is 5. The molecule has 12 nitrogen and oxygen atoms in total. The lowest BCUT2D eigenvalue weighted by Crippen LogP contribution is -2.56. The Kier molecular flexibility index (Phi) is 15.3. The summed E-state index contributed by atoms with van der Waals surface area (Å²) >= 11 is 1.35. The first kappa shape index (κ1) is 44.3. The van der Waals surface area contributed by atoms with Crippen LogP contribution in [0.1, 0.15) is 46.5 Å². The van der Waals surface area contributed by atoms with Crippen LogP contribution in [0.2, 0.25) is 0 Å². The number of carboxylic acid groups (broad SMARTS) is 1. The molecule has 0 aliphatic carbocycles. The predicted molar refractivity (Wildman–Crippen MR) is 219 cm³/mol. The number of rotatable bonds is 19. The summed E-state index contributed by atoms with van der Waals surface area (Å²) in [6.07, 6.45) is -4.58. The van der Waals surface area contributed by atoms with E-state index in [0.717, 1.165) is 28.1 Å². The normalized spacial score (nSPS) is 13.1. The molecule has 4 atom stereocenters. The molecule has 312 valence electrons. The van der Waals surface area contributed by atoms with Crippen molar-refractivity contribution in [3.8, 4) is 11.1 Å². The van der Waals surface area contributed by atoms with E-state index in [9.17, 15) is 47.0 Å². The molecule has 5 amide bonds. The molecule has 0 aliphatic heterocycles. The van der Waals surface area contributed by atoms with Crippen molar-refractivity contribution < 1.29 is 47.0 Å². The fourth-order valence-corrected chi connectivity index (χ4v) is 6.97. The maximum atomic E-state index is 14.3. The number of alkyl halides is 3. The molecule has 0 saturated heterocycles. The standard InChI is InChI=1S/C44H42F3N5O7S/c1-2-38(54)49-33-19-15-28(16-20-33)23-37(43(58)59)51-42(57)39(31-10-6-11-32(24-31)44(45,46)47)52-41(56)36(50-40(55)35(48-26-53)25-34-12-7-21-60-34)22-27-13-17-30(18-14-27)29-8-4-3-5-9-29/h3-21,24,26,35-37,39H,2,22-23,25H2,1H3,(H,48,53)(H,49,54)(H,50,55)(H,51,57)(H,52,56)(H,58,59)/t35-,36+,37+,39?/m1/s1. The van der Waals surface area contributed by atoms with Crippen molar-refractivity contribution >= 4 is 53.0 Å². The van der Waals surface area contributed by atoms with E-state index in [2.05, 4.69) is 26.6 Å². The van der Waals surface area contributed by atoms with Gasteiger partial charge in [0, 0.05) is 36.2 Å². The lowest BCUT2D eigenvalue weighted by Gasteiger charge is -2.26. The van der Waals surface area contributed by atoms with Gasteiger partial charge >= 0.3 is 12.1 Å². The Morgan fingerprint density at radius 1 is 0.683 bits per heavy atom. The van der Waals surface area contributed by atoms with Crippen LogP contribution in [0.25, 0.3) is 11.1 Å². The third-order valence-electron chi connectivity index (χ3n) is 9.41. The molecule has 16 heteroatoms. The summed E-state index contributed by atoms with van der Waals surface area (Å²) in [5.41, 5.74) is 1.82. The van der Waals surface area contributed by atoms with Crippen molar-refractivity contribution in [1.29, 1.82) is 0 Å². The number of amides is 5. The van der Waals surface area contributed by atoms with Crippen LogP contribution in [-0.4, -0.2) is 59.2 Å². The highest BCUT2D eigenvalue weighted by molar-refractivity contribution is 7.09. The van der Waals surface area contributed by atoms with E-state index in [1.807, 2.05) is 42.5 Å². The Morgan fingerprint density at radius 2 is 1.30 bits per heavy atom. The number of thiophene rings is 1. The molecule has 60 heavy (non-hydrogen) atoms. The lowest BCUT2D eigenvalue weighted by molar-refractivity contribution is -0.142. The first-order chi connectivity index (χ1) is 28.7. The highest BCUT2D eigenvalue weighted by atomic mass is 32.1. The molecular formula is C44H42F3N5O7S. The average Bonchev–Trinajstić information content (AvgIpc) is 3.76. The molecule has 0 fully saturated rings. The van der Waals surface area contributed by atoms with Gasteiger partial charge in [0.25, 0.3) is 0 Å². The first-order valence-corrected chi connectivity index (χ1v) is 19.7. The Balaban J connectivity index is 1.45. The molecule has 1 aromatic heterocycles. The van der Waals surface area contributed by atoms with Gasteiger partial charge in [-0.05, 0) is 63.5 Å². The molecule has 0 radical (unpaired) electrons. The highest BCUT2D eigenvalue weighted by Gasteiger charge is 2.35. The van der Waals surface area contributed by atoms with Crippen LogP contribution in [0.4, 0.5) is 18.9 Å². The fraction of sp³-hybridized carbons (Fsp3) is 0.227. The van der Waals surface area contributed by atoms with Crippen LogP contribution in [0, 0.1) is 0 Å². The fourth-order valence-electron chi connectivity index (χ4n) is 6.22. The second-order valence-corrected chi connectivity index (χ2v) is 14.7. The number of halogens is 3. The zero-order chi connectivity index (χ0) is 43.2. The number of carbonyl (C=O) groups is 6. The maximum absolute atomic E-state index is 14.3. The van der Waals surface area contributed by atoms with Gasteiger partial charge in [0.05, 0.1) is 5.56 Å². The summed E-state index contributed by atoms with van der Waals surface area (Å²) in [4.78, 5) is 78.6. The smallest absolute Gasteiger partial charge is 0.416 e. The SMILES string of the molecule is CCC(=O)Nc1ccc(C[C@H](NC(=O)C(NC(=O)[C@H](Cc2ccc(-c3ccccc3)cc2)NC(=O)[C@@H](Cc2cccs2)NC=O)c2cccc(C(F)(F)F)c2)C(=O)O)cc1. The van der Waals surface area contributed by atoms with Gasteiger partial charge in [-0.2, -0.15) is 13.2 Å². The molecule has 1 unspecified atom stereocenters. The quantitative estimate of drug-likeness (QED) is 0.0565. The number of benzene rings is 4. The van der Waals surface area contributed by atoms with Crippen molar-refractivity contribution in [1.82, 2.24) is 21.3 Å². The van der Waals surface area contributed by atoms with Crippen molar-refractivity contribution in [2.45, 2.75) is 63.0 Å². The molecule has 4 aromatic carbocycles. The topological polar surface area (TPSA) is 183 Å². The van der Waals surface area contributed by atoms with E-state index in [-0.39, 0.29) is 37.2 Å². The van der Waals surface area contributed by atoms with E-state index in [1.54, 1.807) is 60.8 Å². The van der Waals surface area contributed by atoms with Crippen molar-refractivity contribution in [2.75, 3.05) is 5.32 Å². The van der Waals surface area contributed by atoms with Crippen molar-refractivity contribution in [3.05, 3.63) is 148 Å². The molecule has 0 bridgehead atoms. The number of carboxylic acids is 1. The largest absolute Gasteiger partial charge is 0.480 e. The zero-order valence-electron chi connectivity index (χ0n) is 32.2. The van der Waals surface area contributed by atoms with Gasteiger partial charge in [0.15, 0.2) is 0 Å². The Labute approximate surface area is 347 Å². The lowest BCUT2D eigenvalue weighted by atomic mass is 9.98. The average molecular weight is 842 g/mol. The first-order valence-electron chi connectivity index (χ1n) is 18.8. The second kappa shape index (κ2) is 20.7. The maximum Gasteiger partial charge on any atom is 0.416 e. The Morgan fingerprint density at radius 3 is 1.90 bits per heavy atom. The van der Waals surface area contributed by atoms with Crippen LogP contribution >= 0.6 is 11.3 Å². The van der Waals surface area contributed by atoms with Gasteiger partial charge in [-0.15, -0.1) is 11.3 Å². The minimum atomic E-state index is -4.83. The molecule has 0 aliphatic rings. The van der Waals surface area contributed by atoms with E-state index in [1.165, 1.54) is 17.4 Å². The summed E-state index contributed by atoms with van der Waals surface area (Å²) in [6, 6.07) is 23.9. The minimum Gasteiger partial charge on any atom is -0.480 e. The molecule has 1 heterocycles. The van der Waals surface area contributed by atoms with Crippen LogP contribution in [0.15, 0.2) is 121 Å². The predicted octanol–water partition coefficient (Wildman–Crippen LogP) is 5.84. The van der Waals surface area contributed by atoms with Gasteiger partial charge in [-0.1, -0.05) is 91.9 Å². The van der Waals surface area contributed by atoms with Gasteiger partial charge in [-0.25, -0.2) is 4.79 Å². The molecule has 6 N–H and O–H groups in total. The van der Waals surface area contributed by atoms with Crippen LogP contribution in [0.3, 0.4) is 0 Å².